The molecule has 3 aliphatic rings. The highest BCUT2D eigenvalue weighted by Gasteiger charge is 2.46. The van der Waals surface area contributed by atoms with Gasteiger partial charge in [0.25, 0.3) is 5.92 Å². The van der Waals surface area contributed by atoms with E-state index in [2.05, 4.69) is 5.32 Å². The summed E-state index contributed by atoms with van der Waals surface area (Å²) in [4.78, 5) is 23.3. The maximum atomic E-state index is 13.3. The molecule has 2 atom stereocenters. The topological polar surface area (TPSA) is 128 Å². The number of sulfone groups is 1. The normalized spacial score (nSPS) is 24.5. The van der Waals surface area contributed by atoms with Crippen LogP contribution in [-0.4, -0.2) is 60.2 Å². The number of amides is 2. The van der Waals surface area contributed by atoms with Gasteiger partial charge in [0.1, 0.15) is 11.4 Å². The molecule has 4 rings (SSSR count). The van der Waals surface area contributed by atoms with Crippen LogP contribution in [0.2, 0.25) is 5.02 Å². The van der Waals surface area contributed by atoms with E-state index in [9.17, 15) is 31.2 Å². The number of nitrogens with zero attached hydrogens (tertiary/aromatic N) is 2. The predicted molar refractivity (Wildman–Crippen MR) is 115 cm³/mol. The molecule has 2 amide bonds. The molecule has 1 heterocycles. The molecular formula is C21H23ClF3N3O5S. The van der Waals surface area contributed by atoms with Crippen LogP contribution in [0.4, 0.5) is 18.0 Å². The van der Waals surface area contributed by atoms with Gasteiger partial charge in [0.2, 0.25) is 5.91 Å². The lowest BCUT2D eigenvalue weighted by Gasteiger charge is -2.20. The first-order valence-electron chi connectivity index (χ1n) is 10.6. The van der Waals surface area contributed by atoms with Crippen LogP contribution >= 0.6 is 11.6 Å². The third kappa shape index (κ3) is 5.93. The Hall–Kier alpha value is -2.52. The van der Waals surface area contributed by atoms with Crippen LogP contribution in [0.25, 0.3) is 0 Å². The number of benzene rings is 1. The Morgan fingerprint density at radius 3 is 2.38 bits per heavy atom. The second kappa shape index (κ2) is 9.62. The number of carboxylic acid groups (broad SMARTS) is 1. The summed E-state index contributed by atoms with van der Waals surface area (Å²) in [7, 11) is -3.82. The van der Waals surface area contributed by atoms with E-state index in [4.69, 9.17) is 22.0 Å². The first-order chi connectivity index (χ1) is 15.8. The second-order valence-corrected chi connectivity index (χ2v) is 11.3. The van der Waals surface area contributed by atoms with Gasteiger partial charge in [-0.15, -0.1) is 0 Å². The fraction of sp³-hybridized carbons (Fsp3) is 0.571. The van der Waals surface area contributed by atoms with Gasteiger partial charge in [-0.2, -0.15) is 5.26 Å². The van der Waals surface area contributed by atoms with Gasteiger partial charge in [-0.3, -0.25) is 4.79 Å². The van der Waals surface area contributed by atoms with Crippen molar-refractivity contribution in [2.24, 2.45) is 5.92 Å². The lowest BCUT2D eigenvalue weighted by Crippen LogP contribution is -2.35. The molecule has 0 aromatic heterocycles. The van der Waals surface area contributed by atoms with Crippen LogP contribution < -0.4 is 5.32 Å². The van der Waals surface area contributed by atoms with Crippen LogP contribution in [0.1, 0.15) is 38.5 Å². The van der Waals surface area contributed by atoms with E-state index in [1.54, 1.807) is 0 Å². The minimum absolute atomic E-state index is 0.0104. The highest BCUT2D eigenvalue weighted by molar-refractivity contribution is 7.92. The van der Waals surface area contributed by atoms with Crippen molar-refractivity contribution in [2.75, 3.05) is 13.1 Å². The zero-order chi connectivity index (χ0) is 25.3. The summed E-state index contributed by atoms with van der Waals surface area (Å²) in [5.41, 5.74) is -0.730. The van der Waals surface area contributed by atoms with Crippen molar-refractivity contribution in [3.63, 3.8) is 0 Å². The Balaban J connectivity index is 0.000000302. The summed E-state index contributed by atoms with van der Waals surface area (Å²) in [5, 5.41) is 17.6. The second-order valence-electron chi connectivity index (χ2n) is 8.74. The van der Waals surface area contributed by atoms with Crippen LogP contribution in [0.15, 0.2) is 23.1 Å². The Bertz CT molecular complexity index is 1120. The van der Waals surface area contributed by atoms with Gasteiger partial charge < -0.3 is 15.3 Å². The van der Waals surface area contributed by atoms with Crippen molar-refractivity contribution in [2.45, 2.75) is 60.1 Å². The van der Waals surface area contributed by atoms with Crippen LogP contribution in [0.3, 0.4) is 0 Å². The summed E-state index contributed by atoms with van der Waals surface area (Å²) in [6, 6.07) is 4.95. The highest BCUT2D eigenvalue weighted by atomic mass is 35.5. The molecule has 2 saturated carbocycles. The van der Waals surface area contributed by atoms with E-state index in [0.29, 0.717) is 19.3 Å². The lowest BCUT2D eigenvalue weighted by atomic mass is 10.1. The van der Waals surface area contributed by atoms with Crippen LogP contribution in [-0.2, 0) is 14.6 Å². The average Bonchev–Trinajstić information content (AvgIpc) is 3.16. The molecule has 186 valence electrons. The Kier molecular flexibility index (Phi) is 7.38. The van der Waals surface area contributed by atoms with E-state index < -0.39 is 56.8 Å². The number of alkyl halides is 2. The minimum atomic E-state index is -3.82. The number of halogens is 4. The van der Waals surface area contributed by atoms with Gasteiger partial charge in [0.15, 0.2) is 9.84 Å². The smallest absolute Gasteiger partial charge is 0.405 e. The van der Waals surface area contributed by atoms with Crippen molar-refractivity contribution in [3.8, 4) is 6.07 Å². The van der Waals surface area contributed by atoms with Crippen molar-refractivity contribution >= 4 is 33.4 Å². The standard InChI is InChI=1S/C16H17ClF3NO3S.C5H6N2O2/c17-13-8-11(18)2-4-14(13)25(23,24)12-3-1-10(7-12)15(22)21-6-5-16(19,20)9-21;6-3-5(1-2-5)7-4(8)9/h2,4,8,10,12H,1,3,5-7,9H2;7H,1-2H2,(H,8,9)/t10-,12-;/m1./s1. The number of nitriles is 1. The van der Waals surface area contributed by atoms with E-state index in [0.717, 1.165) is 23.1 Å². The zero-order valence-electron chi connectivity index (χ0n) is 17.9. The van der Waals surface area contributed by atoms with Crippen molar-refractivity contribution in [1.82, 2.24) is 10.2 Å². The number of hydrogen-bond acceptors (Lipinski definition) is 5. The number of likely N-dealkylation sites (tertiary alicyclic amines) is 1. The summed E-state index contributed by atoms with van der Waals surface area (Å²) in [5.74, 6) is -4.52. The van der Waals surface area contributed by atoms with E-state index in [1.165, 1.54) is 0 Å². The number of nitrogens with one attached hydrogen (secondary N) is 1. The molecule has 1 saturated heterocycles. The van der Waals surface area contributed by atoms with Gasteiger partial charge in [-0.1, -0.05) is 11.6 Å². The monoisotopic (exact) mass is 521 g/mol. The molecule has 0 bridgehead atoms. The number of carbonyl (C=O) groups excluding carboxylic acids is 1. The van der Waals surface area contributed by atoms with Crippen molar-refractivity contribution in [1.29, 1.82) is 5.26 Å². The maximum absolute atomic E-state index is 13.3. The zero-order valence-corrected chi connectivity index (χ0v) is 19.5. The Morgan fingerprint density at radius 1 is 1.24 bits per heavy atom. The predicted octanol–water partition coefficient (Wildman–Crippen LogP) is 3.60. The summed E-state index contributed by atoms with van der Waals surface area (Å²) in [6.07, 6.45) is 0.454. The summed E-state index contributed by atoms with van der Waals surface area (Å²) in [6.45, 7) is -0.618. The van der Waals surface area contributed by atoms with E-state index >= 15 is 0 Å². The largest absolute Gasteiger partial charge is 0.465 e. The third-order valence-electron chi connectivity index (χ3n) is 6.16. The van der Waals surface area contributed by atoms with Crippen LogP contribution in [0.5, 0.6) is 0 Å². The number of carbonyl (C=O) groups is 2. The molecular weight excluding hydrogens is 499 g/mol. The molecule has 0 radical (unpaired) electrons. The molecule has 13 heteroatoms. The molecule has 0 spiro atoms. The molecule has 2 N–H and O–H groups in total. The van der Waals surface area contributed by atoms with Gasteiger partial charge in [-0.05, 0) is 50.3 Å². The van der Waals surface area contributed by atoms with Crippen molar-refractivity contribution < 1.29 is 36.3 Å². The SMILES string of the molecule is N#CC1(NC(=O)O)CC1.O=C([C@@H]1CC[C@@H](S(=O)(=O)c2ccc(F)cc2Cl)C1)N1CCC(F)(F)C1. The van der Waals surface area contributed by atoms with Gasteiger partial charge in [-0.25, -0.2) is 26.4 Å². The molecule has 8 nitrogen and oxygen atoms in total. The Labute approximate surface area is 199 Å². The molecule has 0 unspecified atom stereocenters. The fourth-order valence-electron chi connectivity index (χ4n) is 4.11. The molecule has 2 aliphatic carbocycles. The van der Waals surface area contributed by atoms with Gasteiger partial charge >= 0.3 is 6.09 Å². The Morgan fingerprint density at radius 2 is 1.91 bits per heavy atom. The summed E-state index contributed by atoms with van der Waals surface area (Å²) >= 11 is 5.85. The quantitative estimate of drug-likeness (QED) is 0.583. The highest BCUT2D eigenvalue weighted by Crippen LogP contribution is 2.38. The first kappa shape index (κ1) is 26.1. The van der Waals surface area contributed by atoms with Crippen LogP contribution in [0, 0.1) is 23.1 Å². The first-order valence-corrected chi connectivity index (χ1v) is 12.5. The molecule has 1 aliphatic heterocycles. The van der Waals surface area contributed by atoms with Gasteiger partial charge in [0, 0.05) is 18.9 Å². The molecule has 1 aromatic carbocycles. The lowest BCUT2D eigenvalue weighted by molar-refractivity contribution is -0.135. The maximum Gasteiger partial charge on any atom is 0.405 e. The molecule has 34 heavy (non-hydrogen) atoms. The molecule has 3 fully saturated rings. The third-order valence-corrected chi connectivity index (χ3v) is 8.86. The molecule has 1 aromatic rings. The van der Waals surface area contributed by atoms with Crippen molar-refractivity contribution in [3.05, 3.63) is 29.0 Å². The summed E-state index contributed by atoms with van der Waals surface area (Å²) < 4.78 is 65.1. The van der Waals surface area contributed by atoms with Gasteiger partial charge in [0.05, 0.1) is 27.8 Å². The number of rotatable bonds is 4. The van der Waals surface area contributed by atoms with E-state index in [1.807, 2.05) is 6.07 Å². The average molecular weight is 522 g/mol. The van der Waals surface area contributed by atoms with E-state index in [-0.39, 0.29) is 35.7 Å². The number of hydrogen-bond donors (Lipinski definition) is 2. The minimum Gasteiger partial charge on any atom is -0.465 e. The fourth-order valence-corrected chi connectivity index (χ4v) is 6.48.